The Morgan fingerprint density at radius 2 is 2.31 bits per heavy atom. The molecular formula is C12H15N3O. The van der Waals surface area contributed by atoms with Crippen LogP contribution in [0.4, 0.5) is 0 Å². The molecule has 0 saturated carbocycles. The minimum absolute atomic E-state index is 0.0619. The Bertz CT molecular complexity index is 354. The number of ether oxygens (including phenoxy) is 1. The van der Waals surface area contributed by atoms with E-state index in [1.54, 1.807) is 6.20 Å². The lowest BCUT2D eigenvalue weighted by Crippen LogP contribution is -2.43. The summed E-state index contributed by atoms with van der Waals surface area (Å²) in [5.74, 6) is 0. The second kappa shape index (κ2) is 5.59. The fourth-order valence-electron chi connectivity index (χ4n) is 1.89. The van der Waals surface area contributed by atoms with Crippen LogP contribution in [0, 0.1) is 11.3 Å². The summed E-state index contributed by atoms with van der Waals surface area (Å²) in [6.07, 6.45) is 4.31. The molecule has 1 aliphatic rings. The lowest BCUT2D eigenvalue weighted by atomic mass is 10.1. The minimum Gasteiger partial charge on any atom is -0.379 e. The Kier molecular flexibility index (Phi) is 3.86. The van der Waals surface area contributed by atoms with Crippen molar-refractivity contribution in [3.05, 3.63) is 30.1 Å². The van der Waals surface area contributed by atoms with Crippen molar-refractivity contribution in [3.63, 3.8) is 0 Å². The van der Waals surface area contributed by atoms with E-state index in [1.807, 2.05) is 18.3 Å². The highest BCUT2D eigenvalue weighted by atomic mass is 16.5. The van der Waals surface area contributed by atoms with Gasteiger partial charge < -0.3 is 4.74 Å². The van der Waals surface area contributed by atoms with Crippen LogP contribution in [0.5, 0.6) is 0 Å². The molecule has 0 aliphatic carbocycles. The van der Waals surface area contributed by atoms with Crippen LogP contribution in [-0.2, 0) is 11.2 Å². The third-order valence-corrected chi connectivity index (χ3v) is 2.79. The molecule has 1 saturated heterocycles. The van der Waals surface area contributed by atoms with Crippen molar-refractivity contribution in [1.29, 1.82) is 5.26 Å². The number of nitrogens with zero attached hydrogens (tertiary/aromatic N) is 3. The average Bonchev–Trinajstić information content (AvgIpc) is 2.38. The van der Waals surface area contributed by atoms with Crippen LogP contribution < -0.4 is 0 Å². The Labute approximate surface area is 95.5 Å². The van der Waals surface area contributed by atoms with Crippen molar-refractivity contribution < 1.29 is 4.74 Å². The van der Waals surface area contributed by atoms with Gasteiger partial charge in [0, 0.05) is 31.9 Å². The lowest BCUT2D eigenvalue weighted by molar-refractivity contribution is 0.0270. The molecule has 0 N–H and O–H groups in total. The first kappa shape index (κ1) is 11.1. The van der Waals surface area contributed by atoms with E-state index in [0.29, 0.717) is 0 Å². The molecule has 0 aromatic carbocycles. The van der Waals surface area contributed by atoms with Gasteiger partial charge in [-0.15, -0.1) is 0 Å². The number of hydrogen-bond donors (Lipinski definition) is 0. The number of morpholine rings is 1. The molecule has 4 nitrogen and oxygen atoms in total. The molecule has 1 aliphatic heterocycles. The molecule has 1 aromatic rings. The zero-order valence-corrected chi connectivity index (χ0v) is 9.17. The molecule has 0 spiro atoms. The molecule has 1 fully saturated rings. The number of pyridine rings is 1. The van der Waals surface area contributed by atoms with Crippen LogP contribution in [-0.4, -0.2) is 42.2 Å². The predicted octanol–water partition coefficient (Wildman–Crippen LogP) is 0.848. The van der Waals surface area contributed by atoms with Gasteiger partial charge in [0.05, 0.1) is 19.3 Å². The van der Waals surface area contributed by atoms with Crippen LogP contribution in [0.3, 0.4) is 0 Å². The number of aromatic nitrogens is 1. The third kappa shape index (κ3) is 2.78. The van der Waals surface area contributed by atoms with Gasteiger partial charge in [0.15, 0.2) is 0 Å². The maximum Gasteiger partial charge on any atom is 0.102 e. The molecule has 1 unspecified atom stereocenters. The van der Waals surface area contributed by atoms with E-state index in [1.165, 1.54) is 0 Å². The average molecular weight is 217 g/mol. The first-order chi connectivity index (χ1) is 7.90. The fourth-order valence-corrected chi connectivity index (χ4v) is 1.89. The summed E-state index contributed by atoms with van der Waals surface area (Å²) in [6.45, 7) is 3.15. The monoisotopic (exact) mass is 217 g/mol. The highest BCUT2D eigenvalue weighted by Crippen LogP contribution is 2.09. The Morgan fingerprint density at radius 1 is 1.50 bits per heavy atom. The van der Waals surface area contributed by atoms with Crippen molar-refractivity contribution >= 4 is 0 Å². The van der Waals surface area contributed by atoms with Crippen molar-refractivity contribution in [1.82, 2.24) is 9.88 Å². The van der Waals surface area contributed by atoms with Crippen LogP contribution in [0.25, 0.3) is 0 Å². The van der Waals surface area contributed by atoms with Crippen LogP contribution >= 0.6 is 0 Å². The normalized spacial score (nSPS) is 18.9. The maximum atomic E-state index is 9.19. The second-order valence-corrected chi connectivity index (χ2v) is 3.86. The molecule has 0 bridgehead atoms. The second-order valence-electron chi connectivity index (χ2n) is 3.86. The van der Waals surface area contributed by atoms with E-state index in [-0.39, 0.29) is 6.04 Å². The van der Waals surface area contributed by atoms with Gasteiger partial charge >= 0.3 is 0 Å². The van der Waals surface area contributed by atoms with Gasteiger partial charge in [-0.3, -0.25) is 9.88 Å². The fraction of sp³-hybridized carbons (Fsp3) is 0.500. The summed E-state index contributed by atoms with van der Waals surface area (Å²) in [6, 6.07) is 6.22. The van der Waals surface area contributed by atoms with Gasteiger partial charge in [0.25, 0.3) is 0 Å². The lowest BCUT2D eigenvalue weighted by Gasteiger charge is -2.30. The van der Waals surface area contributed by atoms with E-state index < -0.39 is 0 Å². The van der Waals surface area contributed by atoms with E-state index in [0.717, 1.165) is 38.3 Å². The standard InChI is InChI=1S/C12H15N3O/c13-9-12(15-4-6-16-7-5-15)8-11-2-1-3-14-10-11/h1-3,10,12H,4-8H2. The molecule has 1 aromatic heterocycles. The van der Waals surface area contributed by atoms with Gasteiger partial charge in [-0.2, -0.15) is 5.26 Å². The largest absolute Gasteiger partial charge is 0.379 e. The number of nitriles is 1. The summed E-state index contributed by atoms with van der Waals surface area (Å²) in [7, 11) is 0. The summed E-state index contributed by atoms with van der Waals surface area (Å²) in [5, 5.41) is 9.19. The van der Waals surface area contributed by atoms with Crippen LogP contribution in [0.15, 0.2) is 24.5 Å². The van der Waals surface area contributed by atoms with Gasteiger partial charge in [-0.25, -0.2) is 0 Å². The minimum atomic E-state index is -0.0619. The highest BCUT2D eigenvalue weighted by molar-refractivity contribution is 5.13. The summed E-state index contributed by atoms with van der Waals surface area (Å²) in [4.78, 5) is 6.24. The van der Waals surface area contributed by atoms with Crippen molar-refractivity contribution in [2.24, 2.45) is 0 Å². The van der Waals surface area contributed by atoms with Crippen molar-refractivity contribution in [3.8, 4) is 6.07 Å². The smallest absolute Gasteiger partial charge is 0.102 e. The molecule has 4 heteroatoms. The van der Waals surface area contributed by atoms with Gasteiger partial charge in [-0.1, -0.05) is 6.07 Å². The summed E-state index contributed by atoms with van der Waals surface area (Å²) >= 11 is 0. The first-order valence-electron chi connectivity index (χ1n) is 5.50. The Morgan fingerprint density at radius 3 is 2.94 bits per heavy atom. The summed E-state index contributed by atoms with van der Waals surface area (Å²) < 4.78 is 5.28. The molecule has 16 heavy (non-hydrogen) atoms. The van der Waals surface area contributed by atoms with Crippen molar-refractivity contribution in [2.75, 3.05) is 26.3 Å². The molecule has 2 rings (SSSR count). The maximum absolute atomic E-state index is 9.19. The number of hydrogen-bond acceptors (Lipinski definition) is 4. The van der Waals surface area contributed by atoms with Gasteiger partial charge in [0.1, 0.15) is 6.04 Å². The SMILES string of the molecule is N#CC(Cc1cccnc1)N1CCOCC1. The van der Waals surface area contributed by atoms with E-state index in [4.69, 9.17) is 4.74 Å². The zero-order valence-electron chi connectivity index (χ0n) is 9.17. The molecule has 2 heterocycles. The third-order valence-electron chi connectivity index (χ3n) is 2.79. The topological polar surface area (TPSA) is 49.2 Å². The Hall–Kier alpha value is -1.44. The molecular weight excluding hydrogens is 202 g/mol. The zero-order chi connectivity index (χ0) is 11.2. The van der Waals surface area contributed by atoms with Crippen molar-refractivity contribution in [2.45, 2.75) is 12.5 Å². The molecule has 84 valence electrons. The van der Waals surface area contributed by atoms with Gasteiger partial charge in [0.2, 0.25) is 0 Å². The van der Waals surface area contributed by atoms with E-state index in [2.05, 4.69) is 16.0 Å². The Balaban J connectivity index is 1.98. The molecule has 0 radical (unpaired) electrons. The molecule has 0 amide bonds. The van der Waals surface area contributed by atoms with Crippen LogP contribution in [0.1, 0.15) is 5.56 Å². The predicted molar refractivity (Wildman–Crippen MR) is 59.7 cm³/mol. The first-order valence-corrected chi connectivity index (χ1v) is 5.50. The van der Waals surface area contributed by atoms with E-state index >= 15 is 0 Å². The molecule has 1 atom stereocenters. The van der Waals surface area contributed by atoms with Gasteiger partial charge in [-0.05, 0) is 11.6 Å². The van der Waals surface area contributed by atoms with E-state index in [9.17, 15) is 5.26 Å². The highest BCUT2D eigenvalue weighted by Gasteiger charge is 2.20. The summed E-state index contributed by atoms with van der Waals surface area (Å²) in [5.41, 5.74) is 1.11. The quantitative estimate of drug-likeness (QED) is 0.753. The number of rotatable bonds is 3. The van der Waals surface area contributed by atoms with Crippen LogP contribution in [0.2, 0.25) is 0 Å².